The van der Waals surface area contributed by atoms with Crippen molar-refractivity contribution in [3.05, 3.63) is 35.9 Å². The molecule has 2 nitrogen and oxygen atoms in total. The van der Waals surface area contributed by atoms with Crippen LogP contribution in [0.3, 0.4) is 0 Å². The molecule has 0 aliphatic rings. The summed E-state index contributed by atoms with van der Waals surface area (Å²) >= 11 is 0. The Labute approximate surface area is 84.6 Å². The Bertz CT molecular complexity index is 296. The Balaban J connectivity index is 0.000000500. The Morgan fingerprint density at radius 3 is 2.36 bits per heavy atom. The minimum absolute atomic E-state index is 0.212. The van der Waals surface area contributed by atoms with Gasteiger partial charge in [0.2, 0.25) is 0 Å². The lowest BCUT2D eigenvalue weighted by molar-refractivity contribution is -0.136. The summed E-state index contributed by atoms with van der Waals surface area (Å²) in [4.78, 5) is 10.2. The molecule has 0 aromatic heterocycles. The predicted octanol–water partition coefficient (Wildman–Crippen LogP) is 2.34. The molecule has 1 rings (SSSR count). The Hall–Kier alpha value is -1.75. The van der Waals surface area contributed by atoms with Crippen molar-refractivity contribution in [3.63, 3.8) is 0 Å². The second-order valence-electron chi connectivity index (χ2n) is 2.67. The van der Waals surface area contributed by atoms with Crippen molar-refractivity contribution < 1.29 is 9.90 Å². The molecule has 0 heterocycles. The fraction of sp³-hybridized carbons (Fsp3) is 0.250. The SMILES string of the molecule is C#CC.O=C(O)CCc1ccccc1. The zero-order valence-corrected chi connectivity index (χ0v) is 8.23. The number of rotatable bonds is 3. The number of benzene rings is 1. The van der Waals surface area contributed by atoms with E-state index in [1.54, 1.807) is 6.92 Å². The maximum absolute atomic E-state index is 10.2. The van der Waals surface area contributed by atoms with E-state index < -0.39 is 5.97 Å². The van der Waals surface area contributed by atoms with Crippen molar-refractivity contribution in [1.82, 2.24) is 0 Å². The van der Waals surface area contributed by atoms with Crippen LogP contribution in [0.4, 0.5) is 0 Å². The van der Waals surface area contributed by atoms with Gasteiger partial charge in [-0.1, -0.05) is 30.3 Å². The molecule has 1 aromatic carbocycles. The standard InChI is InChI=1S/C9H10O2.C3H4/c10-9(11)7-6-8-4-2-1-3-5-8;1-3-2/h1-5H,6-7H2,(H,10,11);1H,2H3. The highest BCUT2D eigenvalue weighted by atomic mass is 16.4. The van der Waals surface area contributed by atoms with E-state index in [1.807, 2.05) is 30.3 Å². The van der Waals surface area contributed by atoms with Crippen LogP contribution >= 0.6 is 0 Å². The van der Waals surface area contributed by atoms with Gasteiger partial charge in [-0.2, -0.15) is 0 Å². The number of carboxylic acids is 1. The van der Waals surface area contributed by atoms with E-state index in [-0.39, 0.29) is 6.42 Å². The highest BCUT2D eigenvalue weighted by Crippen LogP contribution is 2.01. The van der Waals surface area contributed by atoms with Gasteiger partial charge in [-0.3, -0.25) is 4.79 Å². The Kier molecular flexibility index (Phi) is 6.89. The molecular formula is C12H14O2. The van der Waals surface area contributed by atoms with Crippen molar-refractivity contribution in [3.8, 4) is 12.3 Å². The van der Waals surface area contributed by atoms with Gasteiger partial charge in [-0.05, 0) is 18.9 Å². The van der Waals surface area contributed by atoms with Gasteiger partial charge >= 0.3 is 5.97 Å². The van der Waals surface area contributed by atoms with Gasteiger partial charge in [-0.15, -0.1) is 12.3 Å². The van der Waals surface area contributed by atoms with Crippen LogP contribution in [0.5, 0.6) is 0 Å². The first-order valence-electron chi connectivity index (χ1n) is 4.33. The van der Waals surface area contributed by atoms with Crippen LogP contribution in [0.1, 0.15) is 18.9 Å². The molecule has 1 aromatic rings. The highest BCUT2D eigenvalue weighted by molar-refractivity contribution is 5.67. The average molecular weight is 190 g/mol. The summed E-state index contributed by atoms with van der Waals surface area (Å²) < 4.78 is 0. The third-order valence-corrected chi connectivity index (χ3v) is 1.47. The van der Waals surface area contributed by atoms with Gasteiger partial charge in [0, 0.05) is 6.42 Å². The molecule has 14 heavy (non-hydrogen) atoms. The molecule has 0 saturated carbocycles. The van der Waals surface area contributed by atoms with Crippen LogP contribution in [0.2, 0.25) is 0 Å². The average Bonchev–Trinajstić information content (AvgIpc) is 2.18. The lowest BCUT2D eigenvalue weighted by Crippen LogP contribution is -1.96. The number of hydrogen-bond acceptors (Lipinski definition) is 1. The molecule has 2 heteroatoms. The van der Waals surface area contributed by atoms with Crippen LogP contribution in [-0.2, 0) is 11.2 Å². The number of aryl methyl sites for hydroxylation is 1. The van der Waals surface area contributed by atoms with Crippen molar-refractivity contribution >= 4 is 5.97 Å². The summed E-state index contributed by atoms with van der Waals surface area (Å²) in [7, 11) is 0. The van der Waals surface area contributed by atoms with E-state index in [0.29, 0.717) is 6.42 Å². The van der Waals surface area contributed by atoms with Crippen LogP contribution in [0.25, 0.3) is 0 Å². The second kappa shape index (κ2) is 7.88. The first kappa shape index (κ1) is 12.2. The minimum atomic E-state index is -0.742. The summed E-state index contributed by atoms with van der Waals surface area (Å²) in [5.74, 6) is 1.51. The van der Waals surface area contributed by atoms with Crippen molar-refractivity contribution in [2.24, 2.45) is 0 Å². The van der Waals surface area contributed by atoms with Gasteiger partial charge in [0.05, 0.1) is 0 Å². The van der Waals surface area contributed by atoms with Crippen molar-refractivity contribution in [1.29, 1.82) is 0 Å². The predicted molar refractivity (Wildman–Crippen MR) is 56.9 cm³/mol. The summed E-state index contributed by atoms with van der Waals surface area (Å²) in [5.41, 5.74) is 1.08. The molecule has 0 spiro atoms. The number of hydrogen-bond donors (Lipinski definition) is 1. The molecule has 0 atom stereocenters. The molecule has 0 saturated heterocycles. The molecule has 0 bridgehead atoms. The monoisotopic (exact) mass is 190 g/mol. The van der Waals surface area contributed by atoms with E-state index in [2.05, 4.69) is 12.3 Å². The summed E-state index contributed by atoms with van der Waals surface area (Å²) in [6, 6.07) is 9.62. The van der Waals surface area contributed by atoms with Gasteiger partial charge < -0.3 is 5.11 Å². The van der Waals surface area contributed by atoms with Gasteiger partial charge in [0.25, 0.3) is 0 Å². The lowest BCUT2D eigenvalue weighted by Gasteiger charge is -1.95. The number of carbonyl (C=O) groups is 1. The summed E-state index contributed by atoms with van der Waals surface area (Å²) in [6.45, 7) is 1.65. The van der Waals surface area contributed by atoms with E-state index in [9.17, 15) is 4.79 Å². The summed E-state index contributed by atoms with van der Waals surface area (Å²) in [5, 5.41) is 8.37. The van der Waals surface area contributed by atoms with Crippen LogP contribution in [0, 0.1) is 12.3 Å². The molecule has 0 fully saturated rings. The minimum Gasteiger partial charge on any atom is -0.481 e. The number of carboxylic acid groups (broad SMARTS) is 1. The van der Waals surface area contributed by atoms with Crippen LogP contribution in [0.15, 0.2) is 30.3 Å². The topological polar surface area (TPSA) is 37.3 Å². The van der Waals surface area contributed by atoms with E-state index >= 15 is 0 Å². The largest absolute Gasteiger partial charge is 0.481 e. The van der Waals surface area contributed by atoms with Gasteiger partial charge in [0.1, 0.15) is 0 Å². The van der Waals surface area contributed by atoms with Crippen LogP contribution < -0.4 is 0 Å². The molecule has 1 N–H and O–H groups in total. The fourth-order valence-corrected chi connectivity index (χ4v) is 0.896. The van der Waals surface area contributed by atoms with Gasteiger partial charge in [0.15, 0.2) is 0 Å². The fourth-order valence-electron chi connectivity index (χ4n) is 0.896. The number of terminal acetylenes is 1. The van der Waals surface area contributed by atoms with Crippen molar-refractivity contribution in [2.75, 3.05) is 0 Å². The first-order valence-corrected chi connectivity index (χ1v) is 4.33. The molecule has 0 radical (unpaired) electrons. The molecule has 0 amide bonds. The van der Waals surface area contributed by atoms with Gasteiger partial charge in [-0.25, -0.2) is 0 Å². The molecule has 0 unspecified atom stereocenters. The van der Waals surface area contributed by atoms with E-state index in [1.165, 1.54) is 0 Å². The quantitative estimate of drug-likeness (QED) is 0.743. The number of aliphatic carboxylic acids is 1. The maximum Gasteiger partial charge on any atom is 0.303 e. The molecule has 0 aliphatic heterocycles. The molecular weight excluding hydrogens is 176 g/mol. The van der Waals surface area contributed by atoms with E-state index in [4.69, 9.17) is 5.11 Å². The van der Waals surface area contributed by atoms with Crippen LogP contribution in [-0.4, -0.2) is 11.1 Å². The van der Waals surface area contributed by atoms with E-state index in [0.717, 1.165) is 5.56 Å². The normalized spacial score (nSPS) is 8.00. The zero-order valence-electron chi connectivity index (χ0n) is 8.23. The molecule has 74 valence electrons. The second-order valence-corrected chi connectivity index (χ2v) is 2.67. The molecule has 0 aliphatic carbocycles. The smallest absolute Gasteiger partial charge is 0.303 e. The Morgan fingerprint density at radius 2 is 1.93 bits per heavy atom. The third kappa shape index (κ3) is 6.93. The summed E-state index contributed by atoms with van der Waals surface area (Å²) in [6.07, 6.45) is 5.43. The lowest BCUT2D eigenvalue weighted by atomic mass is 10.1. The first-order chi connectivity index (χ1) is 6.70. The maximum atomic E-state index is 10.2. The van der Waals surface area contributed by atoms with Crippen molar-refractivity contribution in [2.45, 2.75) is 19.8 Å². The zero-order chi connectivity index (χ0) is 10.8. The Morgan fingerprint density at radius 1 is 1.43 bits per heavy atom. The highest BCUT2D eigenvalue weighted by Gasteiger charge is 1.96. The third-order valence-electron chi connectivity index (χ3n) is 1.47.